The molecule has 1 N–H and O–H groups in total. The van der Waals surface area contributed by atoms with Crippen molar-refractivity contribution in [2.45, 2.75) is 26.5 Å². The Bertz CT molecular complexity index is 558. The second kappa shape index (κ2) is 6.86. The molecule has 0 saturated heterocycles. The van der Waals surface area contributed by atoms with Crippen LogP contribution in [0.25, 0.3) is 0 Å². The van der Waals surface area contributed by atoms with Crippen LogP contribution in [0.4, 0.5) is 5.69 Å². The molecule has 0 fully saturated rings. The Morgan fingerprint density at radius 2 is 2.10 bits per heavy atom. The lowest BCUT2D eigenvalue weighted by atomic mass is 10.1. The second-order valence-corrected chi connectivity index (χ2v) is 5.63. The molecule has 1 aromatic carbocycles. The predicted molar refractivity (Wildman–Crippen MR) is 85.7 cm³/mol. The van der Waals surface area contributed by atoms with Crippen LogP contribution in [0.15, 0.2) is 47.1 Å². The highest BCUT2D eigenvalue weighted by Crippen LogP contribution is 2.30. The molecule has 0 saturated carbocycles. The first kappa shape index (κ1) is 15.0. The van der Waals surface area contributed by atoms with Gasteiger partial charge < -0.3 is 10.0 Å². The number of hydrogen-bond donors (Lipinski definition) is 1. The Labute approximate surface area is 128 Å². The molecule has 0 radical (unpaired) electrons. The van der Waals surface area contributed by atoms with E-state index in [4.69, 9.17) is 0 Å². The van der Waals surface area contributed by atoms with Crippen molar-refractivity contribution in [2.24, 2.45) is 0 Å². The summed E-state index contributed by atoms with van der Waals surface area (Å²) in [6, 6.07) is 11.9. The lowest BCUT2D eigenvalue weighted by Crippen LogP contribution is -2.24. The van der Waals surface area contributed by atoms with Gasteiger partial charge in [-0.3, -0.25) is 4.98 Å². The van der Waals surface area contributed by atoms with Crippen LogP contribution < -0.4 is 4.90 Å². The molecule has 3 nitrogen and oxygen atoms in total. The molecule has 106 valence electrons. The lowest BCUT2D eigenvalue weighted by molar-refractivity contribution is 0.199. The third kappa shape index (κ3) is 3.58. The number of aromatic nitrogens is 1. The maximum Gasteiger partial charge on any atom is 0.0782 e. The minimum absolute atomic E-state index is 0.490. The van der Waals surface area contributed by atoms with E-state index in [1.807, 2.05) is 30.3 Å². The highest BCUT2D eigenvalue weighted by atomic mass is 79.9. The second-order valence-electron chi connectivity index (χ2n) is 4.71. The molecule has 0 aliphatic heterocycles. The van der Waals surface area contributed by atoms with Crippen LogP contribution in [0, 0.1) is 0 Å². The van der Waals surface area contributed by atoms with Gasteiger partial charge in [-0.2, -0.15) is 0 Å². The van der Waals surface area contributed by atoms with Crippen molar-refractivity contribution in [3.8, 4) is 0 Å². The van der Waals surface area contributed by atoms with Gasteiger partial charge in [0, 0.05) is 28.5 Å². The Hall–Kier alpha value is -1.39. The van der Waals surface area contributed by atoms with Gasteiger partial charge in [0.15, 0.2) is 0 Å². The van der Waals surface area contributed by atoms with E-state index in [9.17, 15) is 5.11 Å². The zero-order valence-corrected chi connectivity index (χ0v) is 13.3. The summed E-state index contributed by atoms with van der Waals surface area (Å²) in [5.74, 6) is 0. The maximum absolute atomic E-state index is 9.95. The van der Waals surface area contributed by atoms with Gasteiger partial charge in [-0.25, -0.2) is 0 Å². The SMILES string of the molecule is CCN(Cc1ccccn1)c1cc(Br)ccc1C(C)O. The Morgan fingerprint density at radius 1 is 1.30 bits per heavy atom. The molecular weight excluding hydrogens is 316 g/mol. The maximum atomic E-state index is 9.95. The number of rotatable bonds is 5. The number of aliphatic hydroxyl groups is 1. The van der Waals surface area contributed by atoms with E-state index in [0.29, 0.717) is 0 Å². The van der Waals surface area contributed by atoms with Crippen molar-refractivity contribution in [2.75, 3.05) is 11.4 Å². The number of hydrogen-bond acceptors (Lipinski definition) is 3. The normalized spacial score (nSPS) is 12.2. The summed E-state index contributed by atoms with van der Waals surface area (Å²) in [7, 11) is 0. The van der Waals surface area contributed by atoms with Gasteiger partial charge in [0.05, 0.1) is 18.3 Å². The largest absolute Gasteiger partial charge is 0.389 e. The van der Waals surface area contributed by atoms with Gasteiger partial charge >= 0.3 is 0 Å². The first-order chi connectivity index (χ1) is 9.61. The zero-order chi connectivity index (χ0) is 14.5. The summed E-state index contributed by atoms with van der Waals surface area (Å²) in [5, 5.41) is 9.95. The number of pyridine rings is 1. The first-order valence-corrected chi connectivity index (χ1v) is 7.53. The van der Waals surface area contributed by atoms with Crippen molar-refractivity contribution in [1.29, 1.82) is 0 Å². The van der Waals surface area contributed by atoms with Gasteiger partial charge in [0.2, 0.25) is 0 Å². The fraction of sp³-hybridized carbons (Fsp3) is 0.312. The summed E-state index contributed by atoms with van der Waals surface area (Å²) in [4.78, 5) is 6.59. The summed E-state index contributed by atoms with van der Waals surface area (Å²) >= 11 is 3.50. The molecule has 1 heterocycles. The highest BCUT2D eigenvalue weighted by molar-refractivity contribution is 9.10. The average molecular weight is 335 g/mol. The van der Waals surface area contributed by atoms with Crippen LogP contribution >= 0.6 is 15.9 Å². The Balaban J connectivity index is 2.34. The molecule has 20 heavy (non-hydrogen) atoms. The Kier molecular flexibility index (Phi) is 5.15. The first-order valence-electron chi connectivity index (χ1n) is 6.74. The van der Waals surface area contributed by atoms with E-state index in [0.717, 1.165) is 34.5 Å². The highest BCUT2D eigenvalue weighted by Gasteiger charge is 2.14. The van der Waals surface area contributed by atoms with E-state index >= 15 is 0 Å². The van der Waals surface area contributed by atoms with Gasteiger partial charge in [0.25, 0.3) is 0 Å². The minimum atomic E-state index is -0.490. The van der Waals surface area contributed by atoms with E-state index in [1.54, 1.807) is 13.1 Å². The molecule has 2 rings (SSSR count). The number of anilines is 1. The third-order valence-electron chi connectivity index (χ3n) is 3.24. The van der Waals surface area contributed by atoms with Crippen LogP contribution in [-0.2, 0) is 6.54 Å². The summed E-state index contributed by atoms with van der Waals surface area (Å²) in [5.41, 5.74) is 3.00. The standard InChI is InChI=1S/C16H19BrN2O/c1-3-19(11-14-6-4-5-9-18-14)16-10-13(17)7-8-15(16)12(2)20/h4-10,12,20H,3,11H2,1-2H3. The van der Waals surface area contributed by atoms with Crippen molar-refractivity contribution >= 4 is 21.6 Å². The topological polar surface area (TPSA) is 36.4 Å². The van der Waals surface area contributed by atoms with Crippen molar-refractivity contribution < 1.29 is 5.11 Å². The average Bonchev–Trinajstić information content (AvgIpc) is 2.45. The minimum Gasteiger partial charge on any atom is -0.389 e. The van der Waals surface area contributed by atoms with Crippen LogP contribution in [0.5, 0.6) is 0 Å². The van der Waals surface area contributed by atoms with Crippen LogP contribution in [-0.4, -0.2) is 16.6 Å². The van der Waals surface area contributed by atoms with Crippen LogP contribution in [0.1, 0.15) is 31.2 Å². The van der Waals surface area contributed by atoms with Crippen molar-refractivity contribution in [1.82, 2.24) is 4.98 Å². The number of halogens is 1. The smallest absolute Gasteiger partial charge is 0.0782 e. The molecule has 1 atom stereocenters. The molecular formula is C16H19BrN2O. The molecule has 4 heteroatoms. The summed E-state index contributed by atoms with van der Waals surface area (Å²) in [6.45, 7) is 5.48. The molecule has 1 aromatic heterocycles. The molecule has 0 bridgehead atoms. The molecule has 0 aliphatic rings. The fourth-order valence-corrected chi connectivity index (χ4v) is 2.55. The summed E-state index contributed by atoms with van der Waals surface area (Å²) in [6.07, 6.45) is 1.32. The fourth-order valence-electron chi connectivity index (χ4n) is 2.20. The monoisotopic (exact) mass is 334 g/mol. The lowest BCUT2D eigenvalue weighted by Gasteiger charge is -2.26. The van der Waals surface area contributed by atoms with E-state index in [-0.39, 0.29) is 0 Å². The molecule has 0 aliphatic carbocycles. The Morgan fingerprint density at radius 3 is 2.70 bits per heavy atom. The predicted octanol–water partition coefficient (Wildman–Crippen LogP) is 3.92. The van der Waals surface area contributed by atoms with Gasteiger partial charge in [-0.1, -0.05) is 28.1 Å². The van der Waals surface area contributed by atoms with E-state index in [1.165, 1.54) is 0 Å². The van der Waals surface area contributed by atoms with Gasteiger partial charge in [0.1, 0.15) is 0 Å². The number of aliphatic hydroxyl groups excluding tert-OH is 1. The molecule has 0 amide bonds. The van der Waals surface area contributed by atoms with Crippen LogP contribution in [0.2, 0.25) is 0 Å². The van der Waals surface area contributed by atoms with Crippen molar-refractivity contribution in [3.05, 3.63) is 58.3 Å². The quantitative estimate of drug-likeness (QED) is 0.900. The van der Waals surface area contributed by atoms with Gasteiger partial charge in [-0.15, -0.1) is 0 Å². The third-order valence-corrected chi connectivity index (χ3v) is 3.74. The number of nitrogens with zero attached hydrogens (tertiary/aromatic N) is 2. The van der Waals surface area contributed by atoms with Crippen LogP contribution in [0.3, 0.4) is 0 Å². The molecule has 1 unspecified atom stereocenters. The van der Waals surface area contributed by atoms with E-state index in [2.05, 4.69) is 38.8 Å². The van der Waals surface area contributed by atoms with E-state index < -0.39 is 6.10 Å². The van der Waals surface area contributed by atoms with Gasteiger partial charge in [-0.05, 0) is 38.1 Å². The number of benzene rings is 1. The summed E-state index contributed by atoms with van der Waals surface area (Å²) < 4.78 is 1.01. The molecule has 2 aromatic rings. The zero-order valence-electron chi connectivity index (χ0n) is 11.8. The van der Waals surface area contributed by atoms with Crippen molar-refractivity contribution in [3.63, 3.8) is 0 Å². The molecule has 0 spiro atoms.